The Labute approximate surface area is 298 Å². The van der Waals surface area contributed by atoms with Gasteiger partial charge in [-0.15, -0.1) is 0 Å². The number of aliphatic carboxylic acids is 2. The summed E-state index contributed by atoms with van der Waals surface area (Å²) in [6.07, 6.45) is 10.5. The zero-order chi connectivity index (χ0) is 37.9. The number of amides is 1. The predicted octanol–water partition coefficient (Wildman–Crippen LogP) is 5.08. The van der Waals surface area contributed by atoms with Gasteiger partial charge in [-0.25, -0.2) is 13.2 Å². The van der Waals surface area contributed by atoms with Gasteiger partial charge in [0.15, 0.2) is 0 Å². The molecule has 5 rings (SSSR count). The first-order valence-corrected chi connectivity index (χ1v) is 20.7. The normalized spacial score (nSPS) is 22.7. The number of para-hydroxylation sites is 1. The third kappa shape index (κ3) is 7.75. The molecule has 0 bridgehead atoms. The third-order valence-corrected chi connectivity index (χ3v) is 13.9. The second kappa shape index (κ2) is 15.0. The van der Waals surface area contributed by atoms with Crippen LogP contribution in [0, 0.1) is 17.3 Å². The summed E-state index contributed by atoms with van der Waals surface area (Å²) in [4.78, 5) is 38.9. The van der Waals surface area contributed by atoms with Crippen LogP contribution in [0.15, 0.2) is 95.6 Å². The van der Waals surface area contributed by atoms with Gasteiger partial charge in [0.2, 0.25) is 9.84 Å². The van der Waals surface area contributed by atoms with Gasteiger partial charge in [-0.2, -0.15) is 0 Å². The molecule has 3 aromatic rings. The van der Waals surface area contributed by atoms with Crippen LogP contribution < -0.4 is 9.67 Å². The van der Waals surface area contributed by atoms with Gasteiger partial charge in [0.25, 0.3) is 0 Å². The number of sulfone groups is 1. The van der Waals surface area contributed by atoms with Gasteiger partial charge in [-0.1, -0.05) is 75.4 Å². The molecule has 0 saturated carbocycles. The zero-order valence-electron chi connectivity index (χ0n) is 28.7. The summed E-state index contributed by atoms with van der Waals surface area (Å²) in [5.74, 6) is -3.56. The molecule has 0 radical (unpaired) electrons. The van der Waals surface area contributed by atoms with Crippen molar-refractivity contribution in [1.82, 2.24) is 4.98 Å². The van der Waals surface area contributed by atoms with E-state index in [2.05, 4.69) is 14.2 Å². The Balaban J connectivity index is 0.000000326. The number of H-pyrrole nitrogens is 1. The van der Waals surface area contributed by atoms with E-state index < -0.39 is 52.0 Å². The van der Waals surface area contributed by atoms with Crippen LogP contribution in [-0.4, -0.2) is 69.7 Å². The molecule has 2 aromatic carbocycles. The molecule has 2 aliphatic carbocycles. The van der Waals surface area contributed by atoms with E-state index in [0.29, 0.717) is 16.6 Å². The smallest absolute Gasteiger partial charge is 0.332 e. The molecule has 1 aromatic heterocycles. The molecule has 51 heavy (non-hydrogen) atoms. The van der Waals surface area contributed by atoms with Crippen molar-refractivity contribution in [2.24, 2.45) is 17.3 Å². The van der Waals surface area contributed by atoms with Gasteiger partial charge in [0, 0.05) is 28.0 Å². The maximum atomic E-state index is 14.1. The van der Waals surface area contributed by atoms with Crippen molar-refractivity contribution in [2.45, 2.75) is 57.2 Å². The Bertz CT molecular complexity index is 2150. The quantitative estimate of drug-likeness (QED) is 0.0904. The molecule has 272 valence electrons. The molecule has 4 unspecified atom stereocenters. The van der Waals surface area contributed by atoms with Crippen LogP contribution in [0.4, 0.5) is 5.69 Å². The van der Waals surface area contributed by atoms with Gasteiger partial charge in [0.1, 0.15) is 5.03 Å². The summed E-state index contributed by atoms with van der Waals surface area (Å²) >= 11 is -4.83. The van der Waals surface area contributed by atoms with Gasteiger partial charge >= 0.3 is 100 Å². The number of nitrogens with one attached hydrogen (secondary N) is 2. The maximum absolute atomic E-state index is 14.1. The SMILES string of the molecule is CC(=O)Nc1cccc([As](=O)(O)OO)c1.CC(C)CC1(C(=O)O)C=CC(c2c(S(=O)(=O)C3(C)C=CC=CC3)[nH]c3ccccc23)=C(C(=O)O)C1C. The number of allylic oxidation sites excluding steroid dienone is 5. The van der Waals surface area contributed by atoms with Crippen LogP contribution >= 0.6 is 0 Å². The van der Waals surface area contributed by atoms with Gasteiger partial charge in [-0.05, 0) is 37.3 Å². The van der Waals surface area contributed by atoms with E-state index in [1.165, 1.54) is 31.2 Å². The first-order valence-electron chi connectivity index (χ1n) is 16.0. The number of anilines is 1. The predicted molar refractivity (Wildman–Crippen MR) is 192 cm³/mol. The molecule has 4 atom stereocenters. The van der Waals surface area contributed by atoms with Gasteiger partial charge < -0.3 is 15.2 Å². The Morgan fingerprint density at radius 2 is 1.76 bits per heavy atom. The molecule has 15 heteroatoms. The molecule has 13 nitrogen and oxygen atoms in total. The first-order chi connectivity index (χ1) is 23.8. The van der Waals surface area contributed by atoms with E-state index in [1.807, 2.05) is 13.8 Å². The van der Waals surface area contributed by atoms with Crippen molar-refractivity contribution in [3.63, 3.8) is 0 Å². The van der Waals surface area contributed by atoms with Crippen molar-refractivity contribution in [3.05, 3.63) is 96.1 Å². The van der Waals surface area contributed by atoms with E-state index >= 15 is 0 Å². The second-order valence-electron chi connectivity index (χ2n) is 13.1. The van der Waals surface area contributed by atoms with Gasteiger partial charge in [-0.3, -0.25) is 4.79 Å². The molecular weight excluding hydrogens is 743 g/mol. The van der Waals surface area contributed by atoms with Crippen molar-refractivity contribution < 1.29 is 50.0 Å². The summed E-state index contributed by atoms with van der Waals surface area (Å²) in [7, 11) is -4.01. The number of carbonyl (C=O) groups excluding carboxylic acids is 1. The van der Waals surface area contributed by atoms with Gasteiger partial charge in [0.05, 0.1) is 10.2 Å². The molecule has 0 fully saturated rings. The average Bonchev–Trinajstić information content (AvgIpc) is 3.46. The molecule has 0 spiro atoms. The van der Waals surface area contributed by atoms with Crippen LogP contribution in [0.1, 0.15) is 53.0 Å². The number of carboxylic acid groups (broad SMARTS) is 2. The van der Waals surface area contributed by atoms with Crippen molar-refractivity contribution in [3.8, 4) is 0 Å². The molecule has 0 saturated heterocycles. The van der Waals surface area contributed by atoms with E-state index in [9.17, 15) is 40.8 Å². The second-order valence-corrected chi connectivity index (χ2v) is 19.1. The number of carbonyl (C=O) groups is 3. The van der Waals surface area contributed by atoms with Crippen LogP contribution in [0.5, 0.6) is 0 Å². The fourth-order valence-electron chi connectivity index (χ4n) is 6.48. The maximum Gasteiger partial charge on any atom is 0.332 e. The summed E-state index contributed by atoms with van der Waals surface area (Å²) < 4.78 is 50.9. The van der Waals surface area contributed by atoms with Crippen molar-refractivity contribution in [2.75, 3.05) is 5.32 Å². The molecule has 2 aliphatic rings. The van der Waals surface area contributed by atoms with Crippen LogP contribution in [0.3, 0.4) is 0 Å². The van der Waals surface area contributed by atoms with Crippen molar-refractivity contribution >= 4 is 68.4 Å². The van der Waals surface area contributed by atoms with Crippen LogP contribution in [0.2, 0.25) is 0 Å². The van der Waals surface area contributed by atoms with E-state index in [1.54, 1.807) is 74.6 Å². The Kier molecular flexibility index (Phi) is 11.6. The van der Waals surface area contributed by atoms with E-state index in [4.69, 9.17) is 5.26 Å². The van der Waals surface area contributed by atoms with Crippen LogP contribution in [0.25, 0.3) is 16.5 Å². The average molecular weight is 785 g/mol. The largest absolute Gasteiger partial charge is 0.481 e. The number of hydrogen-bond acceptors (Lipinski definition) is 8. The Morgan fingerprint density at radius 3 is 2.33 bits per heavy atom. The molecule has 6 N–H and O–H groups in total. The van der Waals surface area contributed by atoms with E-state index in [0.717, 1.165) is 0 Å². The summed E-state index contributed by atoms with van der Waals surface area (Å²) in [5, 5.41) is 31.7. The monoisotopic (exact) mass is 784 g/mol. The Hall–Kier alpha value is -4.46. The number of rotatable bonds is 10. The zero-order valence-corrected chi connectivity index (χ0v) is 31.3. The third-order valence-electron chi connectivity index (χ3n) is 9.06. The minimum Gasteiger partial charge on any atom is -0.481 e. The summed E-state index contributed by atoms with van der Waals surface area (Å²) in [5.41, 5.74) is -0.122. The topological polar surface area (TPSA) is 220 Å². The minimum atomic E-state index is -4.83. The molecule has 1 heterocycles. The summed E-state index contributed by atoms with van der Waals surface area (Å²) in [6.45, 7) is 8.34. The number of benzene rings is 2. The molecule has 1 amide bonds. The first kappa shape index (κ1) is 39.3. The molecule has 0 aliphatic heterocycles. The molecular formula is C36H41AsN2O11S. The van der Waals surface area contributed by atoms with E-state index in [-0.39, 0.29) is 50.8 Å². The summed E-state index contributed by atoms with van der Waals surface area (Å²) in [6, 6.07) is 12.7. The van der Waals surface area contributed by atoms with Crippen molar-refractivity contribution in [1.29, 1.82) is 0 Å². The fourth-order valence-corrected chi connectivity index (χ4v) is 9.66. The number of aromatic nitrogens is 1. The van der Waals surface area contributed by atoms with Crippen LogP contribution in [-0.2, 0) is 31.8 Å². The minimum absolute atomic E-state index is 0.0000783. The number of hydrogen-bond donors (Lipinski definition) is 6. The Morgan fingerprint density at radius 1 is 1.08 bits per heavy atom. The number of aromatic amines is 1. The number of carboxylic acids is 2. The number of fused-ring (bicyclic) bond motifs is 1. The standard InChI is InChI=1S/C28H31NO6S.C8H10AsNO5/c1-17(2)16-28(26(32)33)15-12-20(22(18(28)3)25(30)31)23-19-10-6-7-11-21(19)29-24(23)36(34,35)27(4)13-8-5-9-14-27;1-6(11)10-8-4-2-3-7(5-8)9(12,13)15-14/h5-13,15,17-18,29H,14,16H2,1-4H3,(H,30,31)(H,32,33);2-5,14H,1H3,(H,10,11)(H,12,13). The fraction of sp³-hybridized carbons (Fsp3) is 0.306.